The number of aliphatic hydroxyl groups is 1. The SMILES string of the molecule is CCC(C)(C)N(C)c1ncc(F)cc1CO. The second-order valence-electron chi connectivity index (χ2n) is 4.52. The van der Waals surface area contributed by atoms with E-state index in [9.17, 15) is 9.50 Å². The minimum Gasteiger partial charge on any atom is -0.392 e. The van der Waals surface area contributed by atoms with E-state index in [-0.39, 0.29) is 12.1 Å². The molecule has 1 aromatic rings. The second kappa shape index (κ2) is 4.78. The first-order valence-corrected chi connectivity index (χ1v) is 5.41. The molecule has 1 heterocycles. The molecule has 0 fully saturated rings. The number of hydrogen-bond donors (Lipinski definition) is 1. The molecule has 1 aromatic heterocycles. The van der Waals surface area contributed by atoms with Crippen LogP contribution in [0.4, 0.5) is 10.2 Å². The van der Waals surface area contributed by atoms with E-state index in [0.29, 0.717) is 11.4 Å². The van der Waals surface area contributed by atoms with Crippen molar-refractivity contribution in [2.75, 3.05) is 11.9 Å². The van der Waals surface area contributed by atoms with E-state index < -0.39 is 5.82 Å². The summed E-state index contributed by atoms with van der Waals surface area (Å²) in [4.78, 5) is 6.02. The summed E-state index contributed by atoms with van der Waals surface area (Å²) in [5, 5.41) is 9.20. The highest BCUT2D eigenvalue weighted by Crippen LogP contribution is 2.26. The molecule has 0 saturated heterocycles. The zero-order valence-electron chi connectivity index (χ0n) is 10.3. The monoisotopic (exact) mass is 226 g/mol. The van der Waals surface area contributed by atoms with E-state index in [4.69, 9.17) is 0 Å². The molecule has 1 rings (SSSR count). The number of aromatic nitrogens is 1. The van der Waals surface area contributed by atoms with Crippen molar-refractivity contribution in [3.05, 3.63) is 23.6 Å². The summed E-state index contributed by atoms with van der Waals surface area (Å²) in [6.07, 6.45) is 2.12. The standard InChI is InChI=1S/C12H19FN2O/c1-5-12(2,3)15(4)11-9(8-16)6-10(13)7-14-11/h6-7,16H,5,8H2,1-4H3. The van der Waals surface area contributed by atoms with Crippen molar-refractivity contribution in [2.24, 2.45) is 0 Å². The molecule has 16 heavy (non-hydrogen) atoms. The highest BCUT2D eigenvalue weighted by Gasteiger charge is 2.24. The van der Waals surface area contributed by atoms with Gasteiger partial charge in [0, 0.05) is 18.2 Å². The lowest BCUT2D eigenvalue weighted by Gasteiger charge is -2.36. The van der Waals surface area contributed by atoms with Crippen LogP contribution >= 0.6 is 0 Å². The summed E-state index contributed by atoms with van der Waals surface area (Å²) >= 11 is 0. The summed E-state index contributed by atoms with van der Waals surface area (Å²) in [6.45, 7) is 6.04. The Hall–Kier alpha value is -1.16. The smallest absolute Gasteiger partial charge is 0.142 e. The van der Waals surface area contributed by atoms with Crippen LogP contribution in [0.3, 0.4) is 0 Å². The molecular weight excluding hydrogens is 207 g/mol. The van der Waals surface area contributed by atoms with E-state index in [0.717, 1.165) is 6.42 Å². The van der Waals surface area contributed by atoms with Gasteiger partial charge in [-0.3, -0.25) is 0 Å². The fraction of sp³-hybridized carbons (Fsp3) is 0.583. The van der Waals surface area contributed by atoms with Gasteiger partial charge in [0.05, 0.1) is 12.8 Å². The van der Waals surface area contributed by atoms with Crippen LogP contribution in [-0.2, 0) is 6.61 Å². The number of pyridine rings is 1. The van der Waals surface area contributed by atoms with E-state index in [1.807, 2.05) is 11.9 Å². The Bertz CT molecular complexity index is 366. The molecule has 0 bridgehead atoms. The minimum atomic E-state index is -0.421. The summed E-state index contributed by atoms with van der Waals surface area (Å²) in [5.41, 5.74) is 0.443. The lowest BCUT2D eigenvalue weighted by Crippen LogP contribution is -2.41. The van der Waals surface area contributed by atoms with E-state index in [1.54, 1.807) is 0 Å². The maximum atomic E-state index is 13.0. The van der Waals surface area contributed by atoms with Crippen molar-refractivity contribution in [3.63, 3.8) is 0 Å². The van der Waals surface area contributed by atoms with Gasteiger partial charge in [-0.25, -0.2) is 9.37 Å². The van der Waals surface area contributed by atoms with E-state index >= 15 is 0 Å². The first kappa shape index (κ1) is 12.9. The van der Waals surface area contributed by atoms with Gasteiger partial charge in [0.1, 0.15) is 11.6 Å². The van der Waals surface area contributed by atoms with Gasteiger partial charge in [0.2, 0.25) is 0 Å². The third-order valence-corrected chi connectivity index (χ3v) is 3.17. The largest absolute Gasteiger partial charge is 0.392 e. The van der Waals surface area contributed by atoms with Crippen LogP contribution in [0.15, 0.2) is 12.3 Å². The molecule has 0 aliphatic rings. The molecule has 0 amide bonds. The molecule has 0 atom stereocenters. The summed E-state index contributed by atoms with van der Waals surface area (Å²) in [6, 6.07) is 1.32. The van der Waals surface area contributed by atoms with Crippen molar-refractivity contribution in [2.45, 2.75) is 39.3 Å². The summed E-state index contributed by atoms with van der Waals surface area (Å²) in [5.74, 6) is 0.214. The molecule has 4 heteroatoms. The lowest BCUT2D eigenvalue weighted by molar-refractivity contribution is 0.280. The van der Waals surface area contributed by atoms with Crippen LogP contribution in [0, 0.1) is 5.82 Å². The van der Waals surface area contributed by atoms with Gasteiger partial charge in [-0.15, -0.1) is 0 Å². The van der Waals surface area contributed by atoms with Crippen LogP contribution < -0.4 is 4.90 Å². The topological polar surface area (TPSA) is 36.4 Å². The molecule has 0 radical (unpaired) electrons. The number of anilines is 1. The van der Waals surface area contributed by atoms with Gasteiger partial charge in [-0.2, -0.15) is 0 Å². The fourth-order valence-corrected chi connectivity index (χ4v) is 1.42. The molecule has 0 unspecified atom stereocenters. The second-order valence-corrected chi connectivity index (χ2v) is 4.52. The number of halogens is 1. The Morgan fingerprint density at radius 1 is 1.50 bits per heavy atom. The van der Waals surface area contributed by atoms with Crippen molar-refractivity contribution in [3.8, 4) is 0 Å². The maximum absolute atomic E-state index is 13.0. The molecule has 0 aliphatic carbocycles. The van der Waals surface area contributed by atoms with Gasteiger partial charge in [0.25, 0.3) is 0 Å². The predicted octanol–water partition coefficient (Wildman–Crippen LogP) is 2.34. The maximum Gasteiger partial charge on any atom is 0.142 e. The van der Waals surface area contributed by atoms with Crippen LogP contribution in [0.1, 0.15) is 32.8 Å². The van der Waals surface area contributed by atoms with Gasteiger partial charge in [-0.05, 0) is 26.3 Å². The van der Waals surface area contributed by atoms with Crippen LogP contribution in [0.5, 0.6) is 0 Å². The van der Waals surface area contributed by atoms with Gasteiger partial charge in [-0.1, -0.05) is 6.92 Å². The van der Waals surface area contributed by atoms with Crippen LogP contribution in [0.2, 0.25) is 0 Å². The summed E-state index contributed by atoms with van der Waals surface area (Å²) in [7, 11) is 1.91. The van der Waals surface area contributed by atoms with Crippen LogP contribution in [0.25, 0.3) is 0 Å². The normalized spacial score (nSPS) is 11.6. The molecule has 3 nitrogen and oxygen atoms in total. The molecular formula is C12H19FN2O. The minimum absolute atomic E-state index is 0.0747. The Kier molecular flexibility index (Phi) is 3.86. The zero-order valence-corrected chi connectivity index (χ0v) is 10.3. The van der Waals surface area contributed by atoms with E-state index in [2.05, 4.69) is 25.8 Å². The number of aliphatic hydroxyl groups excluding tert-OH is 1. The van der Waals surface area contributed by atoms with E-state index in [1.165, 1.54) is 12.3 Å². The molecule has 0 spiro atoms. The van der Waals surface area contributed by atoms with Gasteiger partial charge in [0.15, 0.2) is 0 Å². The fourth-order valence-electron chi connectivity index (χ4n) is 1.42. The third-order valence-electron chi connectivity index (χ3n) is 3.17. The van der Waals surface area contributed by atoms with Gasteiger partial charge >= 0.3 is 0 Å². The Morgan fingerprint density at radius 3 is 2.62 bits per heavy atom. The average molecular weight is 226 g/mol. The quantitative estimate of drug-likeness (QED) is 0.856. The van der Waals surface area contributed by atoms with Gasteiger partial charge < -0.3 is 10.0 Å². The summed E-state index contributed by atoms with van der Waals surface area (Å²) < 4.78 is 13.0. The number of rotatable bonds is 4. The molecule has 0 saturated carbocycles. The zero-order chi connectivity index (χ0) is 12.3. The first-order valence-electron chi connectivity index (χ1n) is 5.41. The van der Waals surface area contributed by atoms with Crippen molar-refractivity contribution in [1.82, 2.24) is 4.98 Å². The molecule has 0 aromatic carbocycles. The predicted molar refractivity (Wildman–Crippen MR) is 62.9 cm³/mol. The van der Waals surface area contributed by atoms with Crippen LogP contribution in [-0.4, -0.2) is 22.7 Å². The lowest BCUT2D eigenvalue weighted by atomic mass is 9.99. The average Bonchev–Trinajstić information content (AvgIpc) is 2.27. The van der Waals surface area contributed by atoms with Crippen molar-refractivity contribution in [1.29, 1.82) is 0 Å². The van der Waals surface area contributed by atoms with Crippen molar-refractivity contribution >= 4 is 5.82 Å². The molecule has 90 valence electrons. The highest BCUT2D eigenvalue weighted by molar-refractivity contribution is 5.48. The number of nitrogens with zero attached hydrogens (tertiary/aromatic N) is 2. The first-order chi connectivity index (χ1) is 7.42. The highest BCUT2D eigenvalue weighted by atomic mass is 19.1. The third kappa shape index (κ3) is 2.50. The number of hydrogen-bond acceptors (Lipinski definition) is 3. The Morgan fingerprint density at radius 2 is 2.12 bits per heavy atom. The Labute approximate surface area is 95.9 Å². The Balaban J connectivity index is 3.13. The molecule has 0 aliphatic heterocycles. The molecule has 1 N–H and O–H groups in total. The van der Waals surface area contributed by atoms with Crippen molar-refractivity contribution < 1.29 is 9.50 Å².